The van der Waals surface area contributed by atoms with Gasteiger partial charge in [-0.2, -0.15) is 4.99 Å². The fourth-order valence-corrected chi connectivity index (χ4v) is 3.85. The summed E-state index contributed by atoms with van der Waals surface area (Å²) in [6.45, 7) is 3.47. The van der Waals surface area contributed by atoms with Crippen LogP contribution in [0.2, 0.25) is 0 Å². The van der Waals surface area contributed by atoms with Crippen LogP contribution in [0.25, 0.3) is 10.2 Å². The summed E-state index contributed by atoms with van der Waals surface area (Å²) in [4.78, 5) is 17.6. The molecule has 3 rings (SSSR count). The number of hydrogen-bond acceptors (Lipinski definition) is 5. The maximum absolute atomic E-state index is 13.6. The quantitative estimate of drug-likeness (QED) is 0.564. The average Bonchev–Trinajstić information content (AvgIpc) is 3.03. The molecular formula is C20H21FN2O4S. The first kappa shape index (κ1) is 20.0. The summed E-state index contributed by atoms with van der Waals surface area (Å²) >= 11 is 1.25. The fraction of sp³-hybridized carbons (Fsp3) is 0.300. The Morgan fingerprint density at radius 3 is 2.71 bits per heavy atom. The smallest absolute Gasteiger partial charge is 0.283 e. The molecule has 2 aromatic carbocycles. The number of carbonyl (C=O) groups excluding carboxylic acids is 1. The average molecular weight is 404 g/mol. The molecule has 3 aromatic rings. The van der Waals surface area contributed by atoms with Crippen LogP contribution in [0.4, 0.5) is 4.39 Å². The van der Waals surface area contributed by atoms with Crippen molar-refractivity contribution < 1.29 is 23.4 Å². The highest BCUT2D eigenvalue weighted by Crippen LogP contribution is 2.25. The van der Waals surface area contributed by atoms with Crippen LogP contribution in [0.15, 0.2) is 41.4 Å². The van der Waals surface area contributed by atoms with Gasteiger partial charge in [-0.3, -0.25) is 4.79 Å². The van der Waals surface area contributed by atoms with Crippen LogP contribution in [0.3, 0.4) is 0 Å². The summed E-state index contributed by atoms with van der Waals surface area (Å²) < 4.78 is 32.1. The van der Waals surface area contributed by atoms with Crippen LogP contribution < -0.4 is 14.3 Å². The van der Waals surface area contributed by atoms with Gasteiger partial charge in [0.2, 0.25) is 0 Å². The van der Waals surface area contributed by atoms with E-state index in [4.69, 9.17) is 14.2 Å². The second-order valence-corrected chi connectivity index (χ2v) is 6.84. The van der Waals surface area contributed by atoms with E-state index in [0.717, 1.165) is 5.52 Å². The first-order valence-corrected chi connectivity index (χ1v) is 9.56. The van der Waals surface area contributed by atoms with Gasteiger partial charge in [0.25, 0.3) is 5.91 Å². The van der Waals surface area contributed by atoms with E-state index in [9.17, 15) is 9.18 Å². The number of ether oxygens (including phenoxy) is 3. The third-order valence-corrected chi connectivity index (χ3v) is 5.19. The number of hydrogen-bond donors (Lipinski definition) is 0. The molecule has 0 saturated heterocycles. The molecule has 0 atom stereocenters. The van der Waals surface area contributed by atoms with E-state index in [1.807, 2.05) is 11.5 Å². The van der Waals surface area contributed by atoms with Crippen molar-refractivity contribution >= 4 is 27.5 Å². The third kappa shape index (κ3) is 4.23. The summed E-state index contributed by atoms with van der Waals surface area (Å²) in [5.41, 5.74) is 1.13. The highest BCUT2D eigenvalue weighted by Gasteiger charge is 2.14. The molecule has 0 aliphatic rings. The van der Waals surface area contributed by atoms with Crippen molar-refractivity contribution in [2.24, 2.45) is 4.99 Å². The first-order valence-electron chi connectivity index (χ1n) is 8.75. The van der Waals surface area contributed by atoms with Crippen molar-refractivity contribution in [3.8, 4) is 11.5 Å². The number of aromatic nitrogens is 1. The molecule has 148 valence electrons. The minimum absolute atomic E-state index is 0.322. The lowest BCUT2D eigenvalue weighted by atomic mass is 10.2. The minimum atomic E-state index is -0.448. The zero-order valence-corrected chi connectivity index (χ0v) is 16.7. The number of carbonyl (C=O) groups is 1. The molecule has 28 heavy (non-hydrogen) atoms. The van der Waals surface area contributed by atoms with Gasteiger partial charge in [0, 0.05) is 19.2 Å². The number of amides is 1. The Balaban J connectivity index is 2.07. The predicted octanol–water partition coefficient (Wildman–Crippen LogP) is 3.64. The molecule has 8 heteroatoms. The standard InChI is InChI=1S/C20H21FN2O4S/c1-4-27-10-9-23-16-8-5-13(21)11-18(16)28-20(23)22-19(24)15-7-6-14(25-2)12-17(15)26-3/h5-8,11-12H,4,9-10H2,1-3H3. The maximum atomic E-state index is 13.6. The maximum Gasteiger partial charge on any atom is 0.283 e. The summed E-state index contributed by atoms with van der Waals surface area (Å²) in [5.74, 6) is 0.177. The zero-order chi connectivity index (χ0) is 20.1. The SMILES string of the molecule is CCOCCn1c(=NC(=O)c2ccc(OC)cc2OC)sc2cc(F)ccc21. The van der Waals surface area contributed by atoms with Crippen molar-refractivity contribution in [2.45, 2.75) is 13.5 Å². The van der Waals surface area contributed by atoms with Crippen molar-refractivity contribution in [3.63, 3.8) is 0 Å². The highest BCUT2D eigenvalue weighted by molar-refractivity contribution is 7.16. The fourth-order valence-electron chi connectivity index (χ4n) is 2.77. The van der Waals surface area contributed by atoms with Gasteiger partial charge >= 0.3 is 0 Å². The highest BCUT2D eigenvalue weighted by atomic mass is 32.1. The Morgan fingerprint density at radius 1 is 1.18 bits per heavy atom. The van der Waals surface area contributed by atoms with Gasteiger partial charge in [-0.1, -0.05) is 11.3 Å². The third-order valence-electron chi connectivity index (χ3n) is 4.14. The van der Waals surface area contributed by atoms with Gasteiger partial charge in [-0.25, -0.2) is 4.39 Å². The zero-order valence-electron chi connectivity index (χ0n) is 15.9. The lowest BCUT2D eigenvalue weighted by molar-refractivity contribution is 0.0993. The van der Waals surface area contributed by atoms with E-state index in [0.29, 0.717) is 46.3 Å². The predicted molar refractivity (Wildman–Crippen MR) is 106 cm³/mol. The van der Waals surface area contributed by atoms with Crippen molar-refractivity contribution in [2.75, 3.05) is 27.4 Å². The van der Waals surface area contributed by atoms with E-state index in [1.54, 1.807) is 24.3 Å². The van der Waals surface area contributed by atoms with Crippen molar-refractivity contribution in [1.29, 1.82) is 0 Å². The van der Waals surface area contributed by atoms with Gasteiger partial charge in [-0.05, 0) is 37.3 Å². The summed E-state index contributed by atoms with van der Waals surface area (Å²) in [6, 6.07) is 9.44. The number of halogens is 1. The van der Waals surface area contributed by atoms with E-state index in [-0.39, 0.29) is 5.82 Å². The summed E-state index contributed by atoms with van der Waals surface area (Å²) in [5, 5.41) is 0. The lowest BCUT2D eigenvalue weighted by Crippen LogP contribution is -2.20. The molecule has 0 bridgehead atoms. The Hall–Kier alpha value is -2.71. The lowest BCUT2D eigenvalue weighted by Gasteiger charge is -2.08. The minimum Gasteiger partial charge on any atom is -0.497 e. The molecule has 0 N–H and O–H groups in total. The van der Waals surface area contributed by atoms with Gasteiger partial charge in [0.15, 0.2) is 4.80 Å². The van der Waals surface area contributed by atoms with Gasteiger partial charge in [-0.15, -0.1) is 0 Å². The van der Waals surface area contributed by atoms with Crippen molar-refractivity contribution in [3.05, 3.63) is 52.6 Å². The van der Waals surface area contributed by atoms with Crippen LogP contribution in [0, 0.1) is 5.82 Å². The summed E-state index contributed by atoms with van der Waals surface area (Å²) in [6.07, 6.45) is 0. The second kappa shape index (κ2) is 8.99. The first-order chi connectivity index (χ1) is 13.6. The van der Waals surface area contributed by atoms with E-state index in [1.165, 1.54) is 37.7 Å². The molecule has 0 saturated carbocycles. The molecule has 0 fully saturated rings. The number of fused-ring (bicyclic) bond motifs is 1. The molecule has 0 spiro atoms. The topological polar surface area (TPSA) is 62.1 Å². The van der Waals surface area contributed by atoms with Gasteiger partial charge in [0.1, 0.15) is 17.3 Å². The largest absolute Gasteiger partial charge is 0.497 e. The van der Waals surface area contributed by atoms with Crippen LogP contribution in [0.5, 0.6) is 11.5 Å². The Kier molecular flexibility index (Phi) is 6.43. The van der Waals surface area contributed by atoms with E-state index >= 15 is 0 Å². The molecule has 1 heterocycles. The molecule has 1 amide bonds. The number of nitrogens with zero attached hydrogens (tertiary/aromatic N) is 2. The molecule has 1 aromatic heterocycles. The normalized spacial score (nSPS) is 11.8. The van der Waals surface area contributed by atoms with Crippen LogP contribution >= 0.6 is 11.3 Å². The van der Waals surface area contributed by atoms with Crippen LogP contribution in [-0.4, -0.2) is 37.9 Å². The molecule has 0 aliphatic carbocycles. The van der Waals surface area contributed by atoms with Gasteiger partial charge < -0.3 is 18.8 Å². The molecule has 0 radical (unpaired) electrons. The molecule has 6 nitrogen and oxygen atoms in total. The molecule has 0 unspecified atom stereocenters. The van der Waals surface area contributed by atoms with E-state index < -0.39 is 5.91 Å². The second-order valence-electron chi connectivity index (χ2n) is 5.83. The Morgan fingerprint density at radius 2 is 2.00 bits per heavy atom. The number of benzene rings is 2. The number of thiazole rings is 1. The molecule has 0 aliphatic heterocycles. The van der Waals surface area contributed by atoms with Crippen LogP contribution in [-0.2, 0) is 11.3 Å². The Bertz CT molecular complexity index is 1060. The molecular weight excluding hydrogens is 383 g/mol. The van der Waals surface area contributed by atoms with Crippen molar-refractivity contribution in [1.82, 2.24) is 4.57 Å². The van der Waals surface area contributed by atoms with Crippen LogP contribution in [0.1, 0.15) is 17.3 Å². The Labute approximate surface area is 165 Å². The number of rotatable bonds is 7. The monoisotopic (exact) mass is 404 g/mol. The van der Waals surface area contributed by atoms with Gasteiger partial charge in [0.05, 0.1) is 36.6 Å². The number of methoxy groups -OCH3 is 2. The van der Waals surface area contributed by atoms with E-state index in [2.05, 4.69) is 4.99 Å². The summed E-state index contributed by atoms with van der Waals surface area (Å²) in [7, 11) is 3.02.